The highest BCUT2D eigenvalue weighted by Crippen LogP contribution is 2.24. The van der Waals surface area contributed by atoms with Gasteiger partial charge in [-0.25, -0.2) is 9.37 Å². The lowest BCUT2D eigenvalue weighted by atomic mass is 10.1. The van der Waals surface area contributed by atoms with Crippen LogP contribution >= 0.6 is 23.4 Å². The lowest BCUT2D eigenvalue weighted by Gasteiger charge is -2.14. The molecule has 3 aromatic carbocycles. The fourth-order valence-electron chi connectivity index (χ4n) is 3.20. The molecule has 0 spiro atoms. The molecule has 0 fully saturated rings. The molecule has 166 valence electrons. The lowest BCUT2D eigenvalue weighted by molar-refractivity contribution is -0.113. The zero-order chi connectivity index (χ0) is 23.5. The third-order valence-electron chi connectivity index (χ3n) is 4.79. The summed E-state index contributed by atoms with van der Waals surface area (Å²) in [6.45, 7) is 1.45. The molecule has 0 bridgehead atoms. The van der Waals surface area contributed by atoms with Crippen LogP contribution in [0.1, 0.15) is 17.3 Å². The Hall–Kier alpha value is -3.49. The SMILES string of the molecule is CC(=O)c1cccc(NC(=O)CSc2nc3ccccc3c(=O)n2-c2ccc(F)c(Cl)c2)c1. The smallest absolute Gasteiger partial charge is 0.266 e. The molecule has 0 aliphatic rings. The first-order chi connectivity index (χ1) is 15.8. The molecule has 1 aromatic heterocycles. The van der Waals surface area contributed by atoms with Gasteiger partial charge in [-0.15, -0.1) is 0 Å². The molecule has 33 heavy (non-hydrogen) atoms. The number of nitrogens with zero attached hydrogens (tertiary/aromatic N) is 2. The van der Waals surface area contributed by atoms with E-state index < -0.39 is 5.82 Å². The Morgan fingerprint density at radius 2 is 1.88 bits per heavy atom. The van der Waals surface area contributed by atoms with E-state index in [0.717, 1.165) is 11.8 Å². The van der Waals surface area contributed by atoms with E-state index in [9.17, 15) is 18.8 Å². The summed E-state index contributed by atoms with van der Waals surface area (Å²) in [5.74, 6) is -1.11. The van der Waals surface area contributed by atoms with E-state index in [1.54, 1.807) is 48.5 Å². The molecule has 0 saturated carbocycles. The van der Waals surface area contributed by atoms with Gasteiger partial charge < -0.3 is 5.32 Å². The van der Waals surface area contributed by atoms with Gasteiger partial charge in [0.05, 0.1) is 27.4 Å². The maximum atomic E-state index is 13.7. The number of carbonyl (C=O) groups is 2. The molecule has 4 aromatic rings. The van der Waals surface area contributed by atoms with Gasteiger partial charge in [0.15, 0.2) is 10.9 Å². The number of hydrogen-bond donors (Lipinski definition) is 1. The van der Waals surface area contributed by atoms with E-state index in [4.69, 9.17) is 11.6 Å². The molecule has 0 aliphatic heterocycles. The van der Waals surface area contributed by atoms with Gasteiger partial charge in [-0.1, -0.05) is 47.6 Å². The number of fused-ring (bicyclic) bond motifs is 1. The van der Waals surface area contributed by atoms with Gasteiger partial charge in [0.25, 0.3) is 5.56 Å². The minimum atomic E-state index is -0.608. The second-order valence-corrected chi connectivity index (χ2v) is 8.47. The fourth-order valence-corrected chi connectivity index (χ4v) is 4.19. The average molecular weight is 482 g/mol. The highest BCUT2D eigenvalue weighted by Gasteiger charge is 2.16. The highest BCUT2D eigenvalue weighted by molar-refractivity contribution is 7.99. The normalized spacial score (nSPS) is 10.9. The number of carbonyl (C=O) groups excluding carboxylic acids is 2. The molecule has 6 nitrogen and oxygen atoms in total. The molecule has 0 atom stereocenters. The average Bonchev–Trinajstić information content (AvgIpc) is 2.80. The van der Waals surface area contributed by atoms with Crippen LogP contribution < -0.4 is 10.9 Å². The van der Waals surface area contributed by atoms with Crippen molar-refractivity contribution in [1.29, 1.82) is 0 Å². The summed E-state index contributed by atoms with van der Waals surface area (Å²) >= 11 is 6.99. The second-order valence-electron chi connectivity index (χ2n) is 7.12. The number of ketones is 1. The van der Waals surface area contributed by atoms with Crippen molar-refractivity contribution < 1.29 is 14.0 Å². The molecule has 0 radical (unpaired) electrons. The number of amides is 1. The van der Waals surface area contributed by atoms with Gasteiger partial charge in [0.1, 0.15) is 5.82 Å². The number of rotatable bonds is 6. The summed E-state index contributed by atoms with van der Waals surface area (Å²) in [5, 5.41) is 3.24. The largest absolute Gasteiger partial charge is 0.325 e. The van der Waals surface area contributed by atoms with Crippen LogP contribution in [0.4, 0.5) is 10.1 Å². The molecule has 1 heterocycles. The van der Waals surface area contributed by atoms with E-state index in [1.165, 1.54) is 29.7 Å². The first-order valence-electron chi connectivity index (χ1n) is 9.84. The zero-order valence-electron chi connectivity index (χ0n) is 17.3. The monoisotopic (exact) mass is 481 g/mol. The summed E-state index contributed by atoms with van der Waals surface area (Å²) in [5.41, 5.74) is 1.42. The van der Waals surface area contributed by atoms with Crippen LogP contribution in [0, 0.1) is 5.82 Å². The Morgan fingerprint density at radius 1 is 1.09 bits per heavy atom. The van der Waals surface area contributed by atoms with Crippen LogP contribution in [0.3, 0.4) is 0 Å². The van der Waals surface area contributed by atoms with Gasteiger partial charge >= 0.3 is 0 Å². The number of thioether (sulfide) groups is 1. The first kappa shape index (κ1) is 22.7. The Kier molecular flexibility index (Phi) is 6.57. The Bertz CT molecular complexity index is 1450. The topological polar surface area (TPSA) is 81.1 Å². The maximum Gasteiger partial charge on any atom is 0.266 e. The standard InChI is InChI=1S/C24H17ClFN3O3S/c1-14(30)15-5-4-6-16(11-15)27-22(31)13-33-24-28-21-8-3-2-7-18(21)23(32)29(24)17-9-10-20(26)19(25)12-17/h2-12H,13H2,1H3,(H,27,31). The predicted octanol–water partition coefficient (Wildman–Crippen LogP) is 5.11. The molecular formula is C24H17ClFN3O3S. The van der Waals surface area contributed by atoms with Crippen LogP contribution in [0.2, 0.25) is 5.02 Å². The van der Waals surface area contributed by atoms with E-state index in [-0.39, 0.29) is 33.2 Å². The maximum absolute atomic E-state index is 13.7. The minimum Gasteiger partial charge on any atom is -0.325 e. The molecule has 9 heteroatoms. The number of anilines is 1. The van der Waals surface area contributed by atoms with E-state index >= 15 is 0 Å². The van der Waals surface area contributed by atoms with Gasteiger partial charge in [0, 0.05) is 11.3 Å². The lowest BCUT2D eigenvalue weighted by Crippen LogP contribution is -2.23. The van der Waals surface area contributed by atoms with Crippen molar-refractivity contribution in [2.24, 2.45) is 0 Å². The number of halogens is 2. The number of aromatic nitrogens is 2. The molecule has 1 amide bonds. The second kappa shape index (κ2) is 9.56. The molecule has 0 unspecified atom stereocenters. The number of para-hydroxylation sites is 1. The summed E-state index contributed by atoms with van der Waals surface area (Å²) in [6.07, 6.45) is 0. The summed E-state index contributed by atoms with van der Waals surface area (Å²) in [7, 11) is 0. The van der Waals surface area contributed by atoms with Gasteiger partial charge in [-0.2, -0.15) is 0 Å². The van der Waals surface area contributed by atoms with Crippen molar-refractivity contribution in [3.05, 3.63) is 93.5 Å². The number of benzene rings is 3. The Balaban J connectivity index is 1.66. The van der Waals surface area contributed by atoms with Crippen LogP contribution in [-0.2, 0) is 4.79 Å². The van der Waals surface area contributed by atoms with Crippen molar-refractivity contribution in [1.82, 2.24) is 9.55 Å². The minimum absolute atomic E-state index is 0.0516. The van der Waals surface area contributed by atoms with Crippen LogP contribution in [0.25, 0.3) is 16.6 Å². The van der Waals surface area contributed by atoms with Crippen molar-refractivity contribution in [2.75, 3.05) is 11.1 Å². The molecule has 0 saturated heterocycles. The van der Waals surface area contributed by atoms with Gasteiger partial charge in [-0.3, -0.25) is 19.0 Å². The summed E-state index contributed by atoms with van der Waals surface area (Å²) in [6, 6.07) is 17.4. The van der Waals surface area contributed by atoms with Crippen molar-refractivity contribution in [2.45, 2.75) is 12.1 Å². The van der Waals surface area contributed by atoms with Crippen LogP contribution in [0.5, 0.6) is 0 Å². The molecule has 4 rings (SSSR count). The highest BCUT2D eigenvalue weighted by atomic mass is 35.5. The zero-order valence-corrected chi connectivity index (χ0v) is 18.9. The molecule has 0 aliphatic carbocycles. The Labute approximate surface area is 197 Å². The predicted molar refractivity (Wildman–Crippen MR) is 128 cm³/mol. The van der Waals surface area contributed by atoms with Crippen molar-refractivity contribution in [3.8, 4) is 5.69 Å². The van der Waals surface area contributed by atoms with E-state index in [1.807, 2.05) is 0 Å². The fraction of sp³-hybridized carbons (Fsp3) is 0.0833. The van der Waals surface area contributed by atoms with Gasteiger partial charge in [0.2, 0.25) is 5.91 Å². The van der Waals surface area contributed by atoms with Crippen LogP contribution in [-0.4, -0.2) is 27.0 Å². The number of Topliss-reactive ketones (excluding diaryl/α,β-unsaturated/α-hetero) is 1. The van der Waals surface area contributed by atoms with Crippen molar-refractivity contribution in [3.63, 3.8) is 0 Å². The third kappa shape index (κ3) is 4.97. The van der Waals surface area contributed by atoms with E-state index in [2.05, 4.69) is 10.3 Å². The molecular weight excluding hydrogens is 465 g/mol. The quantitative estimate of drug-likeness (QED) is 0.235. The first-order valence-corrected chi connectivity index (χ1v) is 11.2. The number of nitrogens with one attached hydrogen (secondary N) is 1. The summed E-state index contributed by atoms with van der Waals surface area (Å²) < 4.78 is 15.0. The Morgan fingerprint density at radius 3 is 2.64 bits per heavy atom. The molecule has 1 N–H and O–H groups in total. The summed E-state index contributed by atoms with van der Waals surface area (Å²) in [4.78, 5) is 41.9. The van der Waals surface area contributed by atoms with Crippen LogP contribution in [0.15, 0.2) is 76.7 Å². The van der Waals surface area contributed by atoms with E-state index in [0.29, 0.717) is 27.8 Å². The van der Waals surface area contributed by atoms with Crippen molar-refractivity contribution >= 4 is 51.6 Å². The van der Waals surface area contributed by atoms with Gasteiger partial charge in [-0.05, 0) is 49.4 Å². The third-order valence-corrected chi connectivity index (χ3v) is 6.02. The number of hydrogen-bond acceptors (Lipinski definition) is 5.